The molecule has 0 saturated carbocycles. The number of phenols is 1. The van der Waals surface area contributed by atoms with Gasteiger partial charge in [0.15, 0.2) is 0 Å². The number of primary amides is 1. The Hall–Kier alpha value is -3.30. The lowest BCUT2D eigenvalue weighted by molar-refractivity contribution is -0.142. The number of aromatic hydroxyl groups is 1. The van der Waals surface area contributed by atoms with E-state index in [1.54, 1.807) is 53.7 Å². The van der Waals surface area contributed by atoms with Crippen molar-refractivity contribution in [3.05, 3.63) is 29.8 Å². The lowest BCUT2D eigenvalue weighted by Crippen LogP contribution is -2.53. The molecule has 33 heavy (non-hydrogen) atoms. The number of amides is 4. The van der Waals surface area contributed by atoms with Crippen LogP contribution in [0.25, 0.3) is 0 Å². The van der Waals surface area contributed by atoms with Crippen LogP contribution in [0, 0.1) is 0 Å². The lowest BCUT2D eigenvalue weighted by atomic mass is 10.0. The summed E-state index contributed by atoms with van der Waals surface area (Å²) in [5.41, 5.74) is 4.94. The van der Waals surface area contributed by atoms with Gasteiger partial charge < -0.3 is 31.1 Å². The van der Waals surface area contributed by atoms with Gasteiger partial charge in [-0.3, -0.25) is 14.4 Å². The van der Waals surface area contributed by atoms with E-state index >= 15 is 0 Å². The van der Waals surface area contributed by atoms with Crippen LogP contribution in [0.2, 0.25) is 0 Å². The van der Waals surface area contributed by atoms with E-state index in [0.29, 0.717) is 5.56 Å². The normalized spacial score (nSPS) is 13.1. The molecule has 0 bridgehead atoms. The van der Waals surface area contributed by atoms with E-state index in [2.05, 4.69) is 10.6 Å². The van der Waals surface area contributed by atoms with Crippen LogP contribution in [0.4, 0.5) is 4.79 Å². The van der Waals surface area contributed by atoms with Crippen molar-refractivity contribution < 1.29 is 29.0 Å². The fraction of sp³-hybridized carbons (Fsp3) is 0.565. The van der Waals surface area contributed by atoms with E-state index < -0.39 is 41.5 Å². The Morgan fingerprint density at radius 1 is 1.09 bits per heavy atom. The quantitative estimate of drug-likeness (QED) is 0.415. The van der Waals surface area contributed by atoms with E-state index in [9.17, 15) is 24.3 Å². The maximum atomic E-state index is 13.5. The van der Waals surface area contributed by atoms with Crippen LogP contribution in [0.15, 0.2) is 24.3 Å². The van der Waals surface area contributed by atoms with Crippen molar-refractivity contribution >= 4 is 23.8 Å². The van der Waals surface area contributed by atoms with Crippen LogP contribution in [-0.4, -0.2) is 58.1 Å². The fourth-order valence-corrected chi connectivity index (χ4v) is 3.15. The summed E-state index contributed by atoms with van der Waals surface area (Å²) >= 11 is 0. The number of ether oxygens (including phenoxy) is 1. The molecule has 0 saturated heterocycles. The lowest BCUT2D eigenvalue weighted by Gasteiger charge is -2.34. The van der Waals surface area contributed by atoms with Gasteiger partial charge in [0.25, 0.3) is 0 Å². The highest BCUT2D eigenvalue weighted by Gasteiger charge is 2.35. The van der Waals surface area contributed by atoms with Crippen molar-refractivity contribution in [3.8, 4) is 5.75 Å². The van der Waals surface area contributed by atoms with Gasteiger partial charge in [-0.05, 0) is 65.7 Å². The first-order valence-electron chi connectivity index (χ1n) is 10.9. The molecule has 0 aromatic heterocycles. The SMILES string of the molecule is CCN(C(=O)C(CCC(N)=O)NC(=O)OC(C)(C)C)C(C(=O)NC(C)C)c1ccc(O)cc1. The number of likely N-dealkylation sites (N-methyl/N-ethyl adjacent to an activating group) is 1. The number of carbonyl (C=O) groups excluding carboxylic acids is 4. The molecule has 0 aliphatic heterocycles. The monoisotopic (exact) mass is 464 g/mol. The standard InChI is InChI=1S/C23H36N4O6/c1-7-27(19(20(30)25-14(2)3)15-8-10-16(28)11-9-15)21(31)17(12-13-18(24)29)26-22(32)33-23(4,5)6/h8-11,14,17,19,28H,7,12-13H2,1-6H3,(H2,24,29)(H,25,30)(H,26,32). The zero-order valence-corrected chi connectivity index (χ0v) is 20.2. The Labute approximate surface area is 194 Å². The van der Waals surface area contributed by atoms with Crippen LogP contribution in [0.3, 0.4) is 0 Å². The Kier molecular flexibility index (Phi) is 10.2. The second-order valence-electron chi connectivity index (χ2n) is 8.99. The molecule has 4 amide bonds. The molecule has 10 heteroatoms. The predicted molar refractivity (Wildman–Crippen MR) is 123 cm³/mol. The first-order valence-corrected chi connectivity index (χ1v) is 10.9. The van der Waals surface area contributed by atoms with Gasteiger partial charge in [0.05, 0.1) is 0 Å². The molecule has 2 atom stereocenters. The summed E-state index contributed by atoms with van der Waals surface area (Å²) < 4.78 is 5.25. The molecule has 0 spiro atoms. The molecule has 10 nitrogen and oxygen atoms in total. The summed E-state index contributed by atoms with van der Waals surface area (Å²) in [5.74, 6) is -1.60. The maximum absolute atomic E-state index is 13.5. The van der Waals surface area contributed by atoms with Crippen LogP contribution in [-0.2, 0) is 19.1 Å². The predicted octanol–water partition coefficient (Wildman–Crippen LogP) is 1.97. The number of phenolic OH excluding ortho intramolecular Hbond substituents is 1. The molecular weight excluding hydrogens is 428 g/mol. The van der Waals surface area contributed by atoms with Crippen LogP contribution < -0.4 is 16.4 Å². The molecule has 5 N–H and O–H groups in total. The van der Waals surface area contributed by atoms with Gasteiger partial charge in [-0.25, -0.2) is 4.79 Å². The second kappa shape index (κ2) is 12.1. The number of nitrogens with two attached hydrogens (primary N) is 1. The first kappa shape index (κ1) is 27.7. The number of alkyl carbamates (subject to hydrolysis) is 1. The van der Waals surface area contributed by atoms with Gasteiger partial charge in [-0.15, -0.1) is 0 Å². The van der Waals surface area contributed by atoms with Crippen molar-refractivity contribution in [3.63, 3.8) is 0 Å². The van der Waals surface area contributed by atoms with Gasteiger partial charge in [0.1, 0.15) is 23.4 Å². The maximum Gasteiger partial charge on any atom is 0.408 e. The number of benzene rings is 1. The summed E-state index contributed by atoms with van der Waals surface area (Å²) in [4.78, 5) is 51.7. The third kappa shape index (κ3) is 9.38. The minimum Gasteiger partial charge on any atom is -0.508 e. The van der Waals surface area contributed by atoms with Gasteiger partial charge in [0, 0.05) is 19.0 Å². The number of carbonyl (C=O) groups is 4. The van der Waals surface area contributed by atoms with Crippen molar-refractivity contribution in [1.82, 2.24) is 15.5 Å². The average Bonchev–Trinajstić information content (AvgIpc) is 2.67. The molecule has 1 rings (SSSR count). The van der Waals surface area contributed by atoms with Crippen molar-refractivity contribution in [2.45, 2.75) is 78.1 Å². The van der Waals surface area contributed by atoms with E-state index in [1.165, 1.54) is 17.0 Å². The summed E-state index contributed by atoms with van der Waals surface area (Å²) in [7, 11) is 0. The summed E-state index contributed by atoms with van der Waals surface area (Å²) in [6.07, 6.45) is -1.03. The molecular formula is C23H36N4O6. The van der Waals surface area contributed by atoms with Crippen LogP contribution in [0.5, 0.6) is 5.75 Å². The Balaban J connectivity index is 3.32. The number of rotatable bonds is 10. The third-order valence-corrected chi connectivity index (χ3v) is 4.49. The van der Waals surface area contributed by atoms with Crippen LogP contribution >= 0.6 is 0 Å². The first-order chi connectivity index (χ1) is 15.2. The molecule has 1 aromatic carbocycles. The fourth-order valence-electron chi connectivity index (χ4n) is 3.15. The van der Waals surface area contributed by atoms with E-state index in [0.717, 1.165) is 0 Å². The third-order valence-electron chi connectivity index (χ3n) is 4.49. The Morgan fingerprint density at radius 3 is 2.12 bits per heavy atom. The van der Waals surface area contributed by atoms with Crippen LogP contribution in [0.1, 0.15) is 66.0 Å². The zero-order valence-electron chi connectivity index (χ0n) is 20.2. The molecule has 0 heterocycles. The van der Waals surface area contributed by atoms with E-state index in [-0.39, 0.29) is 31.2 Å². The minimum atomic E-state index is -1.14. The van der Waals surface area contributed by atoms with Crippen molar-refractivity contribution in [1.29, 1.82) is 0 Å². The highest BCUT2D eigenvalue weighted by molar-refractivity contribution is 5.92. The smallest absolute Gasteiger partial charge is 0.408 e. The van der Waals surface area contributed by atoms with Gasteiger partial charge in [-0.1, -0.05) is 12.1 Å². The van der Waals surface area contributed by atoms with Gasteiger partial charge in [0.2, 0.25) is 17.7 Å². The summed E-state index contributed by atoms with van der Waals surface area (Å²) in [6.45, 7) is 10.5. The molecule has 184 valence electrons. The van der Waals surface area contributed by atoms with E-state index in [4.69, 9.17) is 10.5 Å². The average molecular weight is 465 g/mol. The topological polar surface area (TPSA) is 151 Å². The van der Waals surface area contributed by atoms with Gasteiger partial charge in [-0.2, -0.15) is 0 Å². The molecule has 2 unspecified atom stereocenters. The summed E-state index contributed by atoms with van der Waals surface area (Å²) in [5, 5.41) is 15.0. The second-order valence-corrected chi connectivity index (χ2v) is 8.99. The van der Waals surface area contributed by atoms with Gasteiger partial charge >= 0.3 is 6.09 Å². The minimum absolute atomic E-state index is 0.0158. The number of nitrogens with one attached hydrogen (secondary N) is 2. The molecule has 1 aromatic rings. The molecule has 0 aliphatic carbocycles. The Morgan fingerprint density at radius 2 is 1.67 bits per heavy atom. The number of nitrogens with zero attached hydrogens (tertiary/aromatic N) is 1. The molecule has 0 fully saturated rings. The highest BCUT2D eigenvalue weighted by Crippen LogP contribution is 2.25. The largest absolute Gasteiger partial charge is 0.508 e. The number of hydrogen-bond acceptors (Lipinski definition) is 6. The zero-order chi connectivity index (χ0) is 25.3. The summed E-state index contributed by atoms with van der Waals surface area (Å²) in [6, 6.07) is 3.60. The molecule has 0 aliphatic rings. The Bertz CT molecular complexity index is 832. The highest BCUT2D eigenvalue weighted by atomic mass is 16.6. The molecule has 0 radical (unpaired) electrons. The van der Waals surface area contributed by atoms with E-state index in [1.807, 2.05) is 0 Å². The van der Waals surface area contributed by atoms with Crippen molar-refractivity contribution in [2.75, 3.05) is 6.54 Å². The van der Waals surface area contributed by atoms with Crippen molar-refractivity contribution in [2.24, 2.45) is 5.73 Å². The number of hydrogen-bond donors (Lipinski definition) is 4.